The van der Waals surface area contributed by atoms with Crippen molar-refractivity contribution in [1.82, 2.24) is 0 Å². The first-order chi connectivity index (χ1) is 14.6. The molecule has 0 amide bonds. The van der Waals surface area contributed by atoms with E-state index in [2.05, 4.69) is 0 Å². The van der Waals surface area contributed by atoms with Crippen LogP contribution in [0.5, 0.6) is 5.75 Å². The summed E-state index contributed by atoms with van der Waals surface area (Å²) in [7, 11) is 1.62. The van der Waals surface area contributed by atoms with Crippen molar-refractivity contribution < 1.29 is 28.9 Å². The van der Waals surface area contributed by atoms with E-state index in [-0.39, 0.29) is 23.5 Å². The molecule has 0 saturated heterocycles. The quantitative estimate of drug-likeness (QED) is 0.710. The molecule has 0 fully saturated rings. The summed E-state index contributed by atoms with van der Waals surface area (Å²) in [6, 6.07) is 7.56. The van der Waals surface area contributed by atoms with Crippen molar-refractivity contribution >= 4 is 11.8 Å². The predicted molar refractivity (Wildman–Crippen MR) is 119 cm³/mol. The highest BCUT2D eigenvalue weighted by molar-refractivity contribution is 5.91. The van der Waals surface area contributed by atoms with E-state index in [0.29, 0.717) is 13.0 Å². The number of ketones is 1. The average Bonchev–Trinajstić information content (AvgIpc) is 2.77. The second-order valence-corrected chi connectivity index (χ2v) is 8.78. The summed E-state index contributed by atoms with van der Waals surface area (Å²) in [5.74, 6) is -1.02. The molecule has 1 aliphatic heterocycles. The van der Waals surface area contributed by atoms with Crippen LogP contribution in [0.25, 0.3) is 0 Å². The zero-order valence-corrected chi connectivity index (χ0v) is 19.4. The minimum absolute atomic E-state index is 0.0102. The Bertz CT molecular complexity index is 756. The summed E-state index contributed by atoms with van der Waals surface area (Å²) in [6.45, 7) is 9.48. The molecule has 0 unspecified atom stereocenters. The Balaban J connectivity index is 2.18. The van der Waals surface area contributed by atoms with Crippen molar-refractivity contribution in [3.63, 3.8) is 0 Å². The Labute approximate surface area is 185 Å². The van der Waals surface area contributed by atoms with Gasteiger partial charge >= 0.3 is 5.97 Å². The second kappa shape index (κ2) is 11.4. The lowest BCUT2D eigenvalue weighted by Crippen LogP contribution is -2.41. The maximum Gasteiger partial charge on any atom is 0.311 e. The average molecular weight is 433 g/mol. The van der Waals surface area contributed by atoms with Gasteiger partial charge in [0, 0.05) is 11.8 Å². The topological polar surface area (TPSA) is 82.1 Å². The minimum atomic E-state index is -0.877. The third-order valence-electron chi connectivity index (χ3n) is 6.15. The van der Waals surface area contributed by atoms with Crippen LogP contribution in [-0.4, -0.2) is 42.3 Å². The summed E-state index contributed by atoms with van der Waals surface area (Å²) in [5, 5.41) is 10.6. The molecule has 1 heterocycles. The molecule has 1 aliphatic rings. The number of methoxy groups -OCH3 is 1. The number of aliphatic hydroxyl groups excluding tert-OH is 1. The number of hydrogen-bond acceptors (Lipinski definition) is 6. The minimum Gasteiger partial charge on any atom is -0.497 e. The van der Waals surface area contributed by atoms with Gasteiger partial charge in [-0.15, -0.1) is 0 Å². The number of rotatable bonds is 5. The number of benzene rings is 1. The van der Waals surface area contributed by atoms with E-state index in [9.17, 15) is 14.7 Å². The van der Waals surface area contributed by atoms with Crippen molar-refractivity contribution in [1.29, 1.82) is 0 Å². The monoisotopic (exact) mass is 432 g/mol. The molecule has 6 heteroatoms. The molecule has 0 spiro atoms. The molecule has 172 valence electrons. The highest BCUT2D eigenvalue weighted by Crippen LogP contribution is 2.26. The molecule has 2 rings (SSSR count). The van der Waals surface area contributed by atoms with Crippen LogP contribution in [0.4, 0.5) is 0 Å². The number of aliphatic hydroxyl groups is 1. The molecule has 6 nitrogen and oxygen atoms in total. The number of hydrogen-bond donors (Lipinski definition) is 1. The Morgan fingerprint density at radius 3 is 2.39 bits per heavy atom. The number of esters is 1. The van der Waals surface area contributed by atoms with Gasteiger partial charge in [-0.25, -0.2) is 0 Å². The van der Waals surface area contributed by atoms with E-state index in [1.54, 1.807) is 26.2 Å². The van der Waals surface area contributed by atoms with Crippen LogP contribution >= 0.6 is 0 Å². The molecular formula is C25H36O6. The highest BCUT2D eigenvalue weighted by atomic mass is 16.6. The Morgan fingerprint density at radius 1 is 1.13 bits per heavy atom. The van der Waals surface area contributed by atoms with Crippen LogP contribution in [0.15, 0.2) is 36.4 Å². The van der Waals surface area contributed by atoms with Gasteiger partial charge in [0.2, 0.25) is 0 Å². The standard InChI is InChI=1S/C25H36O6/c1-15-7-12-22(26)16(2)13-17(3)23(27)18(4)25(28)31-24(15)19(5)30-14-20-8-10-21(29-6)11-9-20/h7-12,15-19,23-24,27H,13-14H2,1-6H3/b12-7+/t15-,16-,17+,18-,19-,23+,24+/m1/s1. The molecule has 0 radical (unpaired) electrons. The lowest BCUT2D eigenvalue weighted by molar-refractivity contribution is -0.169. The van der Waals surface area contributed by atoms with E-state index in [4.69, 9.17) is 14.2 Å². The summed E-state index contributed by atoms with van der Waals surface area (Å²) < 4.78 is 17.0. The molecular weight excluding hydrogens is 396 g/mol. The van der Waals surface area contributed by atoms with E-state index < -0.39 is 30.2 Å². The summed E-state index contributed by atoms with van der Waals surface area (Å²) in [4.78, 5) is 25.3. The number of carbonyl (C=O) groups excluding carboxylic acids is 2. The largest absolute Gasteiger partial charge is 0.497 e. The van der Waals surface area contributed by atoms with Gasteiger partial charge in [0.1, 0.15) is 11.9 Å². The Morgan fingerprint density at radius 2 is 1.77 bits per heavy atom. The molecule has 7 atom stereocenters. The smallest absolute Gasteiger partial charge is 0.311 e. The van der Waals surface area contributed by atoms with E-state index in [0.717, 1.165) is 11.3 Å². The SMILES string of the molecule is COc1ccc(CO[C@H](C)[C@H]2OC(=O)[C@H](C)[C@@H](O)[C@@H](C)C[C@@H](C)C(=O)/C=C/[C@H]2C)cc1. The number of cyclic esters (lactones) is 1. The molecule has 1 aromatic carbocycles. The van der Waals surface area contributed by atoms with Crippen LogP contribution in [0, 0.1) is 23.7 Å². The summed E-state index contributed by atoms with van der Waals surface area (Å²) >= 11 is 0. The zero-order valence-electron chi connectivity index (χ0n) is 19.4. The normalized spacial score (nSPS) is 32.4. The van der Waals surface area contributed by atoms with E-state index in [1.165, 1.54) is 0 Å². The fourth-order valence-electron chi connectivity index (χ4n) is 3.88. The van der Waals surface area contributed by atoms with Crippen molar-refractivity contribution in [3.8, 4) is 5.75 Å². The van der Waals surface area contributed by atoms with E-state index in [1.807, 2.05) is 52.0 Å². The highest BCUT2D eigenvalue weighted by Gasteiger charge is 2.34. The van der Waals surface area contributed by atoms with Crippen LogP contribution in [0.3, 0.4) is 0 Å². The van der Waals surface area contributed by atoms with E-state index >= 15 is 0 Å². The predicted octanol–water partition coefficient (Wildman–Crippen LogP) is 3.95. The van der Waals surface area contributed by atoms with Crippen molar-refractivity contribution in [2.24, 2.45) is 23.7 Å². The van der Waals surface area contributed by atoms with Crippen molar-refractivity contribution in [2.45, 2.75) is 66.0 Å². The molecule has 1 N–H and O–H groups in total. The van der Waals surface area contributed by atoms with Crippen LogP contribution < -0.4 is 4.74 Å². The van der Waals surface area contributed by atoms with Crippen LogP contribution in [0.1, 0.15) is 46.6 Å². The van der Waals surface area contributed by atoms with Gasteiger partial charge in [-0.1, -0.05) is 39.0 Å². The zero-order chi connectivity index (χ0) is 23.1. The summed E-state index contributed by atoms with van der Waals surface area (Å²) in [5.41, 5.74) is 0.969. The third kappa shape index (κ3) is 6.91. The molecule has 1 aromatic rings. The van der Waals surface area contributed by atoms with Crippen LogP contribution in [0.2, 0.25) is 0 Å². The Hall–Kier alpha value is -2.18. The number of allylic oxidation sites excluding steroid dienone is 1. The fourth-order valence-corrected chi connectivity index (χ4v) is 3.88. The maximum atomic E-state index is 12.8. The number of ether oxygens (including phenoxy) is 3. The fraction of sp³-hybridized carbons (Fsp3) is 0.600. The first kappa shape index (κ1) is 25.1. The third-order valence-corrected chi connectivity index (χ3v) is 6.15. The maximum absolute atomic E-state index is 12.8. The lowest BCUT2D eigenvalue weighted by atomic mass is 9.84. The molecule has 0 aliphatic carbocycles. The Kier molecular flexibility index (Phi) is 9.26. The van der Waals surface area contributed by atoms with Gasteiger partial charge in [-0.3, -0.25) is 9.59 Å². The van der Waals surface area contributed by atoms with Gasteiger partial charge in [-0.2, -0.15) is 0 Å². The molecule has 0 aromatic heterocycles. The van der Waals surface area contributed by atoms with Gasteiger partial charge < -0.3 is 19.3 Å². The second-order valence-electron chi connectivity index (χ2n) is 8.78. The van der Waals surface area contributed by atoms with Gasteiger partial charge in [0.25, 0.3) is 0 Å². The van der Waals surface area contributed by atoms with Gasteiger partial charge in [0.05, 0.1) is 31.8 Å². The first-order valence-electron chi connectivity index (χ1n) is 11.0. The van der Waals surface area contributed by atoms with Gasteiger partial charge in [-0.05, 0) is 50.0 Å². The van der Waals surface area contributed by atoms with Crippen molar-refractivity contribution in [2.75, 3.05) is 7.11 Å². The first-order valence-corrected chi connectivity index (χ1v) is 11.0. The lowest BCUT2D eigenvalue weighted by Gasteiger charge is -2.32. The molecule has 0 saturated carbocycles. The van der Waals surface area contributed by atoms with Crippen molar-refractivity contribution in [3.05, 3.63) is 42.0 Å². The number of carbonyl (C=O) groups is 2. The molecule has 31 heavy (non-hydrogen) atoms. The van der Waals surface area contributed by atoms with Gasteiger partial charge in [0.15, 0.2) is 5.78 Å². The molecule has 0 bridgehead atoms. The summed E-state index contributed by atoms with van der Waals surface area (Å²) in [6.07, 6.45) is 1.99. The van der Waals surface area contributed by atoms with Crippen LogP contribution in [-0.2, 0) is 25.7 Å².